The normalized spacial score (nSPS) is 9.27. The van der Waals surface area contributed by atoms with Crippen molar-refractivity contribution in [3.63, 3.8) is 0 Å². The summed E-state index contributed by atoms with van der Waals surface area (Å²) in [5.74, 6) is 1.94. The maximum atomic E-state index is 2.33. The van der Waals surface area contributed by atoms with Crippen LogP contribution in [-0.4, -0.2) is 21.1 Å². The Morgan fingerprint density at radius 3 is 1.27 bits per heavy atom. The molecule has 0 aromatic rings. The van der Waals surface area contributed by atoms with Gasteiger partial charge in [0.1, 0.15) is 0 Å². The molecule has 0 aliphatic heterocycles. The van der Waals surface area contributed by atoms with Crippen molar-refractivity contribution in [1.29, 1.82) is 0 Å². The molecular formula is C8H20Cl2Sn. The number of hydrogen-bond donors (Lipinski definition) is 0. The molecule has 0 nitrogen and oxygen atoms in total. The number of hydrogen-bond acceptors (Lipinski definition) is 0. The minimum Gasteiger partial charge on any atom is -0.147 e. The van der Waals surface area contributed by atoms with E-state index < -0.39 is 0 Å². The summed E-state index contributed by atoms with van der Waals surface area (Å²) >= 11 is 0.0709. The smallest absolute Gasteiger partial charge is 0.147 e. The van der Waals surface area contributed by atoms with E-state index in [0.29, 0.717) is 0 Å². The van der Waals surface area contributed by atoms with E-state index in [1.165, 1.54) is 0 Å². The molecule has 0 rings (SSSR count). The van der Waals surface area contributed by atoms with Crippen LogP contribution < -0.4 is 0 Å². The minimum atomic E-state index is 0. The first kappa shape index (κ1) is 18.2. The van der Waals surface area contributed by atoms with Gasteiger partial charge in [-0.25, -0.2) is 0 Å². The third-order valence-electron chi connectivity index (χ3n) is 1.11. The van der Waals surface area contributed by atoms with E-state index in [2.05, 4.69) is 27.7 Å². The number of rotatable bonds is 4. The van der Waals surface area contributed by atoms with Crippen molar-refractivity contribution in [1.82, 2.24) is 0 Å². The Hall–Kier alpha value is 1.38. The Morgan fingerprint density at radius 2 is 1.09 bits per heavy atom. The quantitative estimate of drug-likeness (QED) is 0.695. The van der Waals surface area contributed by atoms with Crippen molar-refractivity contribution in [2.24, 2.45) is 11.8 Å². The maximum absolute atomic E-state index is 2.33. The van der Waals surface area contributed by atoms with Gasteiger partial charge in [-0.1, -0.05) is 0 Å². The summed E-state index contributed by atoms with van der Waals surface area (Å²) in [6.07, 6.45) is 0. The predicted molar refractivity (Wildman–Crippen MR) is 59.5 cm³/mol. The molecule has 0 aliphatic rings. The van der Waals surface area contributed by atoms with Crippen molar-refractivity contribution >= 4 is 46.0 Å². The molecule has 2 radical (unpaired) electrons. The first-order chi connectivity index (χ1) is 4.13. The van der Waals surface area contributed by atoms with Gasteiger partial charge in [0.05, 0.1) is 0 Å². The molecule has 70 valence electrons. The van der Waals surface area contributed by atoms with Crippen LogP contribution in [-0.2, 0) is 0 Å². The molecule has 0 aromatic carbocycles. The van der Waals surface area contributed by atoms with Crippen LogP contribution in [0.15, 0.2) is 0 Å². The van der Waals surface area contributed by atoms with Gasteiger partial charge >= 0.3 is 69.5 Å². The second kappa shape index (κ2) is 11.4. The van der Waals surface area contributed by atoms with Gasteiger partial charge in [0.2, 0.25) is 0 Å². The molecular weight excluding hydrogens is 286 g/mol. The molecule has 0 aromatic heterocycles. The van der Waals surface area contributed by atoms with E-state index in [4.69, 9.17) is 0 Å². The minimum absolute atomic E-state index is 0. The third-order valence-corrected chi connectivity index (χ3v) is 7.41. The first-order valence-corrected chi connectivity index (χ1v) is 7.87. The summed E-state index contributed by atoms with van der Waals surface area (Å²) < 4.78 is 3.14. The SMILES string of the molecule is CC(C)[CH2][Sn][CH2]C(C)C.Cl.Cl. The molecule has 0 bridgehead atoms. The summed E-state index contributed by atoms with van der Waals surface area (Å²) in [7, 11) is 0. The summed E-state index contributed by atoms with van der Waals surface area (Å²) in [5.41, 5.74) is 0. The van der Waals surface area contributed by atoms with Crippen LogP contribution in [0.25, 0.3) is 0 Å². The monoisotopic (exact) mass is 306 g/mol. The van der Waals surface area contributed by atoms with Gasteiger partial charge in [-0.2, -0.15) is 0 Å². The summed E-state index contributed by atoms with van der Waals surface area (Å²) in [4.78, 5) is 0. The Labute approximate surface area is 93.9 Å². The predicted octanol–water partition coefficient (Wildman–Crippen LogP) is 3.68. The molecule has 0 saturated heterocycles. The standard InChI is InChI=1S/2C4H9.2ClH.Sn/c2*1-4(2)3;;;/h2*4H,1H2,2-3H3;2*1H;. The Balaban J connectivity index is -0.000000320. The molecule has 0 fully saturated rings. The second-order valence-corrected chi connectivity index (χ2v) is 7.20. The van der Waals surface area contributed by atoms with Gasteiger partial charge in [-0.15, -0.1) is 24.8 Å². The van der Waals surface area contributed by atoms with Crippen molar-refractivity contribution in [2.75, 3.05) is 0 Å². The van der Waals surface area contributed by atoms with Crippen molar-refractivity contribution < 1.29 is 0 Å². The van der Waals surface area contributed by atoms with Gasteiger partial charge in [0.15, 0.2) is 0 Å². The maximum Gasteiger partial charge on any atom is -0.147 e. The first-order valence-electron chi connectivity index (χ1n) is 3.83. The van der Waals surface area contributed by atoms with Gasteiger partial charge in [-0.3, -0.25) is 0 Å². The summed E-state index contributed by atoms with van der Waals surface area (Å²) in [6.45, 7) is 9.34. The largest absolute Gasteiger partial charge is 0.147 e. The zero-order valence-electron chi connectivity index (χ0n) is 7.89. The van der Waals surface area contributed by atoms with E-state index >= 15 is 0 Å². The van der Waals surface area contributed by atoms with Crippen LogP contribution in [0.3, 0.4) is 0 Å². The molecule has 3 heteroatoms. The summed E-state index contributed by atoms with van der Waals surface area (Å²) in [6, 6.07) is 0. The zero-order valence-corrected chi connectivity index (χ0v) is 12.4. The van der Waals surface area contributed by atoms with Crippen molar-refractivity contribution in [3.05, 3.63) is 0 Å². The van der Waals surface area contributed by atoms with Gasteiger partial charge in [0, 0.05) is 0 Å². The average Bonchev–Trinajstić information content (AvgIpc) is 1.63. The molecule has 0 saturated carbocycles. The fourth-order valence-electron chi connectivity index (χ4n) is 0.661. The molecule has 0 aliphatic carbocycles. The molecule has 11 heavy (non-hydrogen) atoms. The van der Waals surface area contributed by atoms with Crippen LogP contribution in [0.5, 0.6) is 0 Å². The van der Waals surface area contributed by atoms with Crippen LogP contribution in [0, 0.1) is 11.8 Å². The Bertz CT molecular complexity index is 57.1. The van der Waals surface area contributed by atoms with Gasteiger partial charge in [0.25, 0.3) is 0 Å². The molecule has 0 amide bonds. The summed E-state index contributed by atoms with van der Waals surface area (Å²) in [5, 5.41) is 0. The molecule has 0 heterocycles. The van der Waals surface area contributed by atoms with E-state index in [-0.39, 0.29) is 46.0 Å². The van der Waals surface area contributed by atoms with E-state index in [0.717, 1.165) is 11.8 Å². The van der Waals surface area contributed by atoms with E-state index in [1.54, 1.807) is 8.87 Å². The Morgan fingerprint density at radius 1 is 0.818 bits per heavy atom. The van der Waals surface area contributed by atoms with Crippen LogP contribution >= 0.6 is 24.8 Å². The van der Waals surface area contributed by atoms with Crippen molar-refractivity contribution in [2.45, 2.75) is 36.6 Å². The Kier molecular flexibility index (Phi) is 18.8. The molecule has 0 atom stereocenters. The third kappa shape index (κ3) is 18.4. The molecule has 0 unspecified atom stereocenters. The topological polar surface area (TPSA) is 0 Å². The molecule has 0 N–H and O–H groups in total. The van der Waals surface area contributed by atoms with Crippen LogP contribution in [0.4, 0.5) is 0 Å². The second-order valence-electron chi connectivity index (χ2n) is 3.45. The van der Waals surface area contributed by atoms with E-state index in [1.807, 2.05) is 0 Å². The fraction of sp³-hybridized carbons (Fsp3) is 1.00. The van der Waals surface area contributed by atoms with Crippen molar-refractivity contribution in [3.8, 4) is 0 Å². The zero-order chi connectivity index (χ0) is 7.28. The van der Waals surface area contributed by atoms with Gasteiger partial charge < -0.3 is 0 Å². The fourth-order valence-corrected chi connectivity index (χ4v) is 4.43. The van der Waals surface area contributed by atoms with Crippen LogP contribution in [0.2, 0.25) is 8.87 Å². The number of halogens is 2. The average molecular weight is 306 g/mol. The molecule has 0 spiro atoms. The van der Waals surface area contributed by atoms with E-state index in [9.17, 15) is 0 Å². The van der Waals surface area contributed by atoms with Gasteiger partial charge in [-0.05, 0) is 0 Å². The van der Waals surface area contributed by atoms with Crippen LogP contribution in [0.1, 0.15) is 27.7 Å².